The number of piperidine rings is 1. The topological polar surface area (TPSA) is 82.2 Å². The monoisotopic (exact) mass is 360 g/mol. The predicted octanol–water partition coefficient (Wildman–Crippen LogP) is 3.32. The summed E-state index contributed by atoms with van der Waals surface area (Å²) in [6, 6.07) is 15.2. The van der Waals surface area contributed by atoms with E-state index in [1.807, 2.05) is 37.4 Å². The largest absolute Gasteiger partial charge is 0.443 e. The minimum Gasteiger partial charge on any atom is -0.443 e. The smallest absolute Gasteiger partial charge is 0.254 e. The fraction of sp³-hybridized carbons (Fsp3) is 0.190. The SMILES string of the molecule is CN/C(=C1/CCN(C(=O)c2ccc3ncoc3c2)CC1=N)c1ccccc1. The quantitative estimate of drug-likeness (QED) is 0.751. The van der Waals surface area contributed by atoms with Crippen molar-refractivity contribution in [3.8, 4) is 0 Å². The number of hydrogen-bond donors (Lipinski definition) is 2. The van der Waals surface area contributed by atoms with E-state index in [-0.39, 0.29) is 5.91 Å². The highest BCUT2D eigenvalue weighted by Crippen LogP contribution is 2.24. The average Bonchev–Trinajstić information content (AvgIpc) is 3.18. The summed E-state index contributed by atoms with van der Waals surface area (Å²) >= 11 is 0. The van der Waals surface area contributed by atoms with Gasteiger partial charge in [0.1, 0.15) is 5.52 Å². The zero-order chi connectivity index (χ0) is 18.8. The minimum absolute atomic E-state index is 0.0946. The number of carbonyl (C=O) groups is 1. The maximum absolute atomic E-state index is 12.9. The van der Waals surface area contributed by atoms with Crippen molar-refractivity contribution in [2.45, 2.75) is 6.42 Å². The van der Waals surface area contributed by atoms with E-state index in [1.54, 1.807) is 23.1 Å². The van der Waals surface area contributed by atoms with Crippen molar-refractivity contribution in [2.24, 2.45) is 0 Å². The van der Waals surface area contributed by atoms with E-state index in [2.05, 4.69) is 10.3 Å². The highest BCUT2D eigenvalue weighted by molar-refractivity contribution is 6.09. The number of amides is 1. The molecule has 2 N–H and O–H groups in total. The molecule has 0 bridgehead atoms. The molecule has 6 heteroatoms. The summed E-state index contributed by atoms with van der Waals surface area (Å²) in [7, 11) is 1.87. The third kappa shape index (κ3) is 3.21. The molecule has 27 heavy (non-hydrogen) atoms. The van der Waals surface area contributed by atoms with Gasteiger partial charge in [0.2, 0.25) is 0 Å². The molecule has 3 aromatic rings. The Morgan fingerprint density at radius 2 is 2.00 bits per heavy atom. The van der Waals surface area contributed by atoms with Crippen molar-refractivity contribution in [1.82, 2.24) is 15.2 Å². The van der Waals surface area contributed by atoms with Gasteiger partial charge in [-0.1, -0.05) is 30.3 Å². The molecule has 4 rings (SSSR count). The van der Waals surface area contributed by atoms with Gasteiger partial charge in [-0.3, -0.25) is 4.79 Å². The summed E-state index contributed by atoms with van der Waals surface area (Å²) in [5.41, 5.74) is 5.30. The molecule has 6 nitrogen and oxygen atoms in total. The maximum atomic E-state index is 12.9. The Kier molecular flexibility index (Phi) is 4.46. The highest BCUT2D eigenvalue weighted by atomic mass is 16.3. The lowest BCUT2D eigenvalue weighted by atomic mass is 9.95. The van der Waals surface area contributed by atoms with Crippen LogP contribution in [0.5, 0.6) is 0 Å². The van der Waals surface area contributed by atoms with Crippen LogP contribution >= 0.6 is 0 Å². The zero-order valence-electron chi connectivity index (χ0n) is 15.0. The van der Waals surface area contributed by atoms with Crippen molar-refractivity contribution >= 4 is 28.4 Å². The first kappa shape index (κ1) is 17.0. The molecule has 0 unspecified atom stereocenters. The second-order valence-corrected chi connectivity index (χ2v) is 6.46. The molecule has 1 amide bonds. The van der Waals surface area contributed by atoms with Crippen LogP contribution in [-0.2, 0) is 0 Å². The number of likely N-dealkylation sites (tertiary alicyclic amines) is 1. The van der Waals surface area contributed by atoms with E-state index in [4.69, 9.17) is 9.83 Å². The van der Waals surface area contributed by atoms with Crippen LogP contribution in [0, 0.1) is 5.41 Å². The van der Waals surface area contributed by atoms with Crippen LogP contribution in [0.3, 0.4) is 0 Å². The van der Waals surface area contributed by atoms with Crippen molar-refractivity contribution in [2.75, 3.05) is 20.1 Å². The molecule has 0 saturated carbocycles. The molecule has 1 fully saturated rings. The second-order valence-electron chi connectivity index (χ2n) is 6.46. The molecule has 0 aliphatic carbocycles. The van der Waals surface area contributed by atoms with Gasteiger partial charge in [0.05, 0.1) is 12.3 Å². The van der Waals surface area contributed by atoms with Crippen LogP contribution in [0.4, 0.5) is 0 Å². The van der Waals surface area contributed by atoms with Crippen molar-refractivity contribution < 1.29 is 9.21 Å². The Labute approximate surface area is 157 Å². The molecule has 2 heterocycles. The van der Waals surface area contributed by atoms with Crippen LogP contribution in [0.15, 0.2) is 64.9 Å². The van der Waals surface area contributed by atoms with Crippen molar-refractivity contribution in [1.29, 1.82) is 5.41 Å². The molecular formula is C21H20N4O2. The van der Waals surface area contributed by atoms with Crippen LogP contribution in [0.2, 0.25) is 0 Å². The Balaban J connectivity index is 1.56. The van der Waals surface area contributed by atoms with E-state index in [1.165, 1.54) is 6.39 Å². The maximum Gasteiger partial charge on any atom is 0.254 e. The fourth-order valence-corrected chi connectivity index (χ4v) is 3.46. The normalized spacial score (nSPS) is 16.5. The molecule has 1 aliphatic heterocycles. The van der Waals surface area contributed by atoms with E-state index in [9.17, 15) is 4.79 Å². The summed E-state index contributed by atoms with van der Waals surface area (Å²) in [5, 5.41) is 11.7. The lowest BCUT2D eigenvalue weighted by molar-refractivity contribution is 0.0775. The van der Waals surface area contributed by atoms with Crippen LogP contribution < -0.4 is 5.32 Å². The van der Waals surface area contributed by atoms with Gasteiger partial charge in [0.25, 0.3) is 5.91 Å². The molecule has 0 spiro atoms. The van der Waals surface area contributed by atoms with Gasteiger partial charge in [0.15, 0.2) is 12.0 Å². The van der Waals surface area contributed by atoms with Gasteiger partial charge in [-0.05, 0) is 30.2 Å². The number of hydrogen-bond acceptors (Lipinski definition) is 5. The Hall–Kier alpha value is -3.41. The number of fused-ring (bicyclic) bond motifs is 1. The highest BCUT2D eigenvalue weighted by Gasteiger charge is 2.26. The van der Waals surface area contributed by atoms with Gasteiger partial charge in [-0.15, -0.1) is 0 Å². The zero-order valence-corrected chi connectivity index (χ0v) is 15.0. The lowest BCUT2D eigenvalue weighted by Crippen LogP contribution is -2.41. The van der Waals surface area contributed by atoms with Crippen LogP contribution in [-0.4, -0.2) is 41.6 Å². The van der Waals surface area contributed by atoms with Gasteiger partial charge >= 0.3 is 0 Å². The number of aromatic nitrogens is 1. The number of benzene rings is 2. The molecule has 1 aromatic heterocycles. The Morgan fingerprint density at radius 1 is 1.19 bits per heavy atom. The first-order valence-corrected chi connectivity index (χ1v) is 8.84. The number of carbonyl (C=O) groups excluding carboxylic acids is 1. The van der Waals surface area contributed by atoms with Crippen molar-refractivity contribution in [3.63, 3.8) is 0 Å². The third-order valence-corrected chi connectivity index (χ3v) is 4.82. The summed E-state index contributed by atoms with van der Waals surface area (Å²) in [6.45, 7) is 0.865. The van der Waals surface area contributed by atoms with E-state index >= 15 is 0 Å². The first-order valence-electron chi connectivity index (χ1n) is 8.84. The summed E-state index contributed by atoms with van der Waals surface area (Å²) in [4.78, 5) is 18.6. The van der Waals surface area contributed by atoms with E-state index in [0.29, 0.717) is 36.4 Å². The Bertz CT molecular complexity index is 1040. The molecule has 0 atom stereocenters. The summed E-state index contributed by atoms with van der Waals surface area (Å²) in [5.74, 6) is -0.0946. The Morgan fingerprint density at radius 3 is 2.74 bits per heavy atom. The minimum atomic E-state index is -0.0946. The standard InChI is InChI=1S/C21H20N4O2/c1-23-20(14-5-3-2-4-6-14)16-9-10-25(12-17(16)22)21(26)15-7-8-18-19(11-15)27-13-24-18/h2-8,11,13,22-23H,9-10,12H2,1H3/b20-16-,22-17?. The fourth-order valence-electron chi connectivity index (χ4n) is 3.46. The molecule has 2 aromatic carbocycles. The number of oxazole rings is 1. The first-order chi connectivity index (χ1) is 13.2. The van der Waals surface area contributed by atoms with Gasteiger partial charge in [0, 0.05) is 30.4 Å². The summed E-state index contributed by atoms with van der Waals surface area (Å²) in [6.07, 6.45) is 2.01. The van der Waals surface area contributed by atoms with Crippen LogP contribution in [0.25, 0.3) is 16.8 Å². The number of nitrogens with one attached hydrogen (secondary N) is 2. The van der Waals surface area contributed by atoms with Gasteiger partial charge in [-0.25, -0.2) is 4.98 Å². The third-order valence-electron chi connectivity index (χ3n) is 4.82. The molecule has 1 saturated heterocycles. The van der Waals surface area contributed by atoms with Crippen molar-refractivity contribution in [3.05, 3.63) is 71.6 Å². The molecule has 136 valence electrons. The van der Waals surface area contributed by atoms with Gasteiger partial charge in [-0.2, -0.15) is 0 Å². The molecule has 0 radical (unpaired) electrons. The number of nitrogens with zero attached hydrogens (tertiary/aromatic N) is 2. The molecule has 1 aliphatic rings. The number of rotatable bonds is 3. The lowest BCUT2D eigenvalue weighted by Gasteiger charge is -2.30. The van der Waals surface area contributed by atoms with E-state index in [0.717, 1.165) is 22.4 Å². The second kappa shape index (κ2) is 7.07. The average molecular weight is 360 g/mol. The molecular weight excluding hydrogens is 340 g/mol. The summed E-state index contributed by atoms with van der Waals surface area (Å²) < 4.78 is 5.29. The predicted molar refractivity (Wildman–Crippen MR) is 105 cm³/mol. The van der Waals surface area contributed by atoms with Gasteiger partial charge < -0.3 is 20.0 Å². The van der Waals surface area contributed by atoms with E-state index < -0.39 is 0 Å². The van der Waals surface area contributed by atoms with Crippen LogP contribution in [0.1, 0.15) is 22.3 Å².